The molecule has 2 N–H and O–H groups in total. The van der Waals surface area contributed by atoms with Gasteiger partial charge in [-0.1, -0.05) is 91.0 Å². The predicted octanol–water partition coefficient (Wildman–Crippen LogP) is 4.47. The first-order chi connectivity index (χ1) is 16.3. The molecule has 0 radical (unpaired) electrons. The molecule has 0 aromatic heterocycles. The average molecular weight is 481 g/mol. The van der Waals surface area contributed by atoms with E-state index in [1.165, 1.54) is 14.2 Å². The van der Waals surface area contributed by atoms with Crippen LogP contribution in [0.2, 0.25) is 0 Å². The first kappa shape index (κ1) is 25.5. The van der Waals surface area contributed by atoms with E-state index in [9.17, 15) is 19.3 Å². The zero-order chi connectivity index (χ0) is 24.6. The number of ketones is 1. The molecule has 0 aliphatic rings. The lowest BCUT2D eigenvalue weighted by Crippen LogP contribution is -2.53. The number of carbonyl (C=O) groups is 2. The number of rotatable bonds is 12. The van der Waals surface area contributed by atoms with E-state index in [0.717, 1.165) is 16.7 Å². The van der Waals surface area contributed by atoms with Gasteiger partial charge in [-0.25, -0.2) is 0 Å². The van der Waals surface area contributed by atoms with E-state index in [0.29, 0.717) is 0 Å². The van der Waals surface area contributed by atoms with Gasteiger partial charge in [0.2, 0.25) is 0 Å². The van der Waals surface area contributed by atoms with E-state index in [-0.39, 0.29) is 0 Å². The van der Waals surface area contributed by atoms with Gasteiger partial charge < -0.3 is 14.2 Å². The van der Waals surface area contributed by atoms with E-state index in [1.54, 1.807) is 0 Å². The van der Waals surface area contributed by atoms with E-state index in [2.05, 4.69) is 5.32 Å². The van der Waals surface area contributed by atoms with Gasteiger partial charge in [-0.3, -0.25) is 19.5 Å². The molecule has 7 nitrogen and oxygen atoms in total. The molecule has 0 aliphatic heterocycles. The topological polar surface area (TPSA) is 102 Å². The van der Waals surface area contributed by atoms with Crippen molar-refractivity contribution in [3.05, 3.63) is 108 Å². The van der Waals surface area contributed by atoms with Crippen LogP contribution >= 0.6 is 7.60 Å². The van der Waals surface area contributed by atoms with Crippen LogP contribution in [0.5, 0.6) is 0 Å². The smallest absolute Gasteiger partial charge is 0.337 e. The standard InChI is InChI=1S/C26H28NO6P/c1-32-34(31,33-2)19-23(28)18-24(25(29)30)27-26(20-12-6-3-7-13-20,21-14-8-4-9-15-21)22-16-10-5-11-17-22/h3-17,24,27H,18-19H2,1-2H3,(H,29,30)/t24-/m0/s1. The van der Waals surface area contributed by atoms with Crippen LogP contribution in [0.15, 0.2) is 91.0 Å². The summed E-state index contributed by atoms with van der Waals surface area (Å²) in [5, 5.41) is 13.4. The fourth-order valence-corrected chi connectivity index (χ4v) is 4.96. The lowest BCUT2D eigenvalue weighted by molar-refractivity contribution is -0.141. The van der Waals surface area contributed by atoms with Crippen molar-refractivity contribution < 1.29 is 28.3 Å². The summed E-state index contributed by atoms with van der Waals surface area (Å²) in [5.74, 6) is -1.75. The van der Waals surface area contributed by atoms with Crippen molar-refractivity contribution in [3.63, 3.8) is 0 Å². The highest BCUT2D eigenvalue weighted by Gasteiger charge is 2.41. The van der Waals surface area contributed by atoms with E-state index in [4.69, 9.17) is 9.05 Å². The van der Waals surface area contributed by atoms with E-state index >= 15 is 0 Å². The average Bonchev–Trinajstić information content (AvgIpc) is 2.88. The Morgan fingerprint density at radius 3 is 1.53 bits per heavy atom. The Hall–Kier alpha value is -3.09. The number of Topliss-reactive ketones (excluding diaryl/α,β-unsaturated/α-hetero) is 1. The third-order valence-electron chi connectivity index (χ3n) is 5.67. The molecule has 0 aliphatic carbocycles. The molecule has 0 bridgehead atoms. The summed E-state index contributed by atoms with van der Waals surface area (Å²) in [4.78, 5) is 25.1. The van der Waals surface area contributed by atoms with Crippen LogP contribution in [-0.2, 0) is 28.7 Å². The molecule has 0 heterocycles. The molecule has 178 valence electrons. The molecule has 8 heteroatoms. The summed E-state index contributed by atoms with van der Waals surface area (Å²) in [6, 6.07) is 27.1. The third kappa shape index (κ3) is 5.69. The fourth-order valence-electron chi connectivity index (χ4n) is 3.99. The van der Waals surface area contributed by atoms with Gasteiger partial charge >= 0.3 is 13.6 Å². The van der Waals surface area contributed by atoms with Gasteiger partial charge in [0.15, 0.2) is 0 Å². The van der Waals surface area contributed by atoms with Gasteiger partial charge in [-0.05, 0) is 16.7 Å². The van der Waals surface area contributed by atoms with Crippen molar-refractivity contribution >= 4 is 19.3 Å². The zero-order valence-electron chi connectivity index (χ0n) is 19.1. The number of carboxylic acid groups (broad SMARTS) is 1. The number of hydrogen-bond acceptors (Lipinski definition) is 6. The molecular weight excluding hydrogens is 453 g/mol. The Morgan fingerprint density at radius 1 is 0.824 bits per heavy atom. The zero-order valence-corrected chi connectivity index (χ0v) is 20.0. The quantitative estimate of drug-likeness (QED) is 0.291. The maximum atomic E-state index is 12.8. The number of aliphatic carboxylic acids is 1. The summed E-state index contributed by atoms with van der Waals surface area (Å²) >= 11 is 0. The second-order valence-corrected chi connectivity index (χ2v) is 10.0. The summed E-state index contributed by atoms with van der Waals surface area (Å²) in [7, 11) is -1.24. The van der Waals surface area contributed by atoms with Gasteiger partial charge in [0, 0.05) is 20.6 Å². The highest BCUT2D eigenvalue weighted by molar-refractivity contribution is 7.54. The fraction of sp³-hybridized carbons (Fsp3) is 0.231. The van der Waals surface area contributed by atoms with Crippen LogP contribution in [0.25, 0.3) is 0 Å². The summed E-state index contributed by atoms with van der Waals surface area (Å²) in [6.45, 7) is 0. The molecule has 3 aromatic rings. The van der Waals surface area contributed by atoms with Crippen molar-refractivity contribution in [1.29, 1.82) is 0 Å². The molecule has 0 saturated heterocycles. The highest BCUT2D eigenvalue weighted by Crippen LogP contribution is 2.46. The summed E-state index contributed by atoms with van der Waals surface area (Å²) in [6.07, 6.45) is -0.916. The van der Waals surface area contributed by atoms with Gasteiger partial charge in [0.25, 0.3) is 0 Å². The highest BCUT2D eigenvalue weighted by atomic mass is 31.2. The maximum absolute atomic E-state index is 12.8. The molecule has 0 unspecified atom stereocenters. The SMILES string of the molecule is COP(=O)(CC(=O)C[C@H](NC(c1ccccc1)(c1ccccc1)c1ccccc1)C(=O)O)OC. The Kier molecular flexibility index (Phi) is 8.53. The number of benzene rings is 3. The predicted molar refractivity (Wildman–Crippen MR) is 130 cm³/mol. The minimum atomic E-state index is -3.62. The van der Waals surface area contributed by atoms with Gasteiger partial charge in [-0.15, -0.1) is 0 Å². The van der Waals surface area contributed by atoms with Crippen LogP contribution in [0.1, 0.15) is 23.1 Å². The molecule has 0 spiro atoms. The largest absolute Gasteiger partial charge is 0.480 e. The lowest BCUT2D eigenvalue weighted by atomic mass is 9.76. The molecule has 34 heavy (non-hydrogen) atoms. The number of carbonyl (C=O) groups excluding carboxylic acids is 1. The van der Waals surface area contributed by atoms with Crippen molar-refractivity contribution in [2.45, 2.75) is 18.0 Å². The third-order valence-corrected chi connectivity index (χ3v) is 7.52. The monoisotopic (exact) mass is 481 g/mol. The van der Waals surface area contributed by atoms with Gasteiger partial charge in [0.1, 0.15) is 18.0 Å². The van der Waals surface area contributed by atoms with Crippen LogP contribution in [-0.4, -0.2) is 43.3 Å². The van der Waals surface area contributed by atoms with Crippen molar-refractivity contribution in [2.75, 3.05) is 20.4 Å². The Labute approximate surface area is 199 Å². The molecule has 1 atom stereocenters. The molecular formula is C26H28NO6P. The molecule has 3 aromatic carbocycles. The van der Waals surface area contributed by atoms with Crippen LogP contribution in [0.4, 0.5) is 0 Å². The number of carboxylic acids is 1. The molecule has 0 amide bonds. The number of nitrogens with one attached hydrogen (secondary N) is 1. The Bertz CT molecular complexity index is 1030. The Morgan fingerprint density at radius 2 is 1.21 bits per heavy atom. The molecule has 0 fully saturated rings. The molecule has 3 rings (SSSR count). The first-order valence-corrected chi connectivity index (χ1v) is 12.5. The number of hydrogen-bond donors (Lipinski definition) is 2. The lowest BCUT2D eigenvalue weighted by Gasteiger charge is -2.39. The second-order valence-electron chi connectivity index (χ2n) is 7.76. The summed E-state index contributed by atoms with van der Waals surface area (Å²) in [5.41, 5.74) is 1.36. The Balaban J connectivity index is 2.11. The van der Waals surface area contributed by atoms with E-state index < -0.39 is 43.5 Å². The van der Waals surface area contributed by atoms with Gasteiger partial charge in [0.05, 0.1) is 5.54 Å². The van der Waals surface area contributed by atoms with Crippen LogP contribution < -0.4 is 5.32 Å². The normalized spacial score (nSPS) is 12.8. The maximum Gasteiger partial charge on any atom is 0.337 e. The minimum Gasteiger partial charge on any atom is -0.480 e. The molecule has 0 saturated carbocycles. The first-order valence-electron chi connectivity index (χ1n) is 10.7. The van der Waals surface area contributed by atoms with Crippen molar-refractivity contribution in [2.24, 2.45) is 0 Å². The van der Waals surface area contributed by atoms with E-state index in [1.807, 2.05) is 91.0 Å². The van der Waals surface area contributed by atoms with Crippen molar-refractivity contribution in [1.82, 2.24) is 5.32 Å². The van der Waals surface area contributed by atoms with Crippen LogP contribution in [0.3, 0.4) is 0 Å². The van der Waals surface area contributed by atoms with Gasteiger partial charge in [-0.2, -0.15) is 0 Å². The van der Waals surface area contributed by atoms with Crippen molar-refractivity contribution in [3.8, 4) is 0 Å². The second kappa shape index (κ2) is 11.4. The summed E-state index contributed by atoms with van der Waals surface area (Å²) < 4.78 is 22.1. The minimum absolute atomic E-state index is 0.402. The van der Waals surface area contributed by atoms with Crippen LogP contribution in [0, 0.1) is 0 Å².